The molecule has 132 valence electrons. The zero-order valence-corrected chi connectivity index (χ0v) is 15.2. The van der Waals surface area contributed by atoms with Crippen molar-refractivity contribution in [3.05, 3.63) is 29.6 Å². The third kappa shape index (κ3) is 3.44. The molecule has 1 amide bonds. The van der Waals surface area contributed by atoms with E-state index in [4.69, 9.17) is 0 Å². The van der Waals surface area contributed by atoms with Gasteiger partial charge in [-0.3, -0.25) is 4.79 Å². The van der Waals surface area contributed by atoms with Crippen molar-refractivity contribution in [1.29, 1.82) is 0 Å². The molecule has 0 bridgehead atoms. The molecule has 1 aromatic carbocycles. The molecule has 3 nitrogen and oxygen atoms in total. The number of rotatable bonds is 2. The van der Waals surface area contributed by atoms with E-state index >= 15 is 0 Å². The second-order valence-corrected chi connectivity index (χ2v) is 8.07. The Morgan fingerprint density at radius 1 is 1.25 bits per heavy atom. The molecule has 4 unspecified atom stereocenters. The molecule has 2 fully saturated rings. The minimum atomic E-state index is -0.170. The van der Waals surface area contributed by atoms with Gasteiger partial charge in [-0.15, -0.1) is 24.2 Å². The van der Waals surface area contributed by atoms with Crippen LogP contribution in [-0.2, 0) is 4.79 Å². The second kappa shape index (κ2) is 7.63. The highest BCUT2D eigenvalue weighted by Crippen LogP contribution is 2.38. The number of hydrogen-bond acceptors (Lipinski definition) is 3. The molecule has 3 aliphatic rings. The van der Waals surface area contributed by atoms with Gasteiger partial charge in [0.15, 0.2) is 0 Å². The number of nitrogens with one attached hydrogen (secondary N) is 2. The zero-order valence-electron chi connectivity index (χ0n) is 13.6. The van der Waals surface area contributed by atoms with Gasteiger partial charge in [0.1, 0.15) is 5.82 Å². The highest BCUT2D eigenvalue weighted by Gasteiger charge is 2.39. The zero-order chi connectivity index (χ0) is 15.8. The monoisotopic (exact) mass is 370 g/mol. The van der Waals surface area contributed by atoms with Crippen LogP contribution in [0.1, 0.15) is 50.1 Å². The number of carbonyl (C=O) groups is 1. The van der Waals surface area contributed by atoms with E-state index in [1.807, 2.05) is 6.07 Å². The maximum atomic E-state index is 13.9. The minimum absolute atomic E-state index is 0. The Morgan fingerprint density at radius 2 is 2.08 bits per heavy atom. The summed E-state index contributed by atoms with van der Waals surface area (Å²) in [6, 6.07) is 5.57. The summed E-state index contributed by atoms with van der Waals surface area (Å²) in [5.74, 6) is 1.43. The first-order valence-corrected chi connectivity index (χ1v) is 9.68. The van der Waals surface area contributed by atoms with Crippen LogP contribution < -0.4 is 10.6 Å². The molecule has 0 radical (unpaired) electrons. The predicted molar refractivity (Wildman–Crippen MR) is 97.2 cm³/mol. The van der Waals surface area contributed by atoms with Crippen molar-refractivity contribution >= 4 is 30.1 Å². The van der Waals surface area contributed by atoms with Gasteiger partial charge in [0, 0.05) is 16.7 Å². The van der Waals surface area contributed by atoms with E-state index in [1.54, 1.807) is 17.8 Å². The van der Waals surface area contributed by atoms with E-state index < -0.39 is 0 Å². The largest absolute Gasteiger partial charge is 0.348 e. The Kier molecular flexibility index (Phi) is 5.73. The lowest BCUT2D eigenvalue weighted by molar-refractivity contribution is -0.123. The Morgan fingerprint density at radius 3 is 2.92 bits per heavy atom. The molecule has 4 atom stereocenters. The van der Waals surface area contributed by atoms with Gasteiger partial charge in [0.2, 0.25) is 5.91 Å². The molecule has 24 heavy (non-hydrogen) atoms. The third-order valence-corrected chi connectivity index (χ3v) is 6.68. The summed E-state index contributed by atoms with van der Waals surface area (Å²) in [6.45, 7) is 0. The molecule has 4 rings (SSSR count). The Hall–Kier alpha value is -0.780. The second-order valence-electron chi connectivity index (χ2n) is 6.96. The molecular weight excluding hydrogens is 347 g/mol. The van der Waals surface area contributed by atoms with Crippen LogP contribution in [0.5, 0.6) is 0 Å². The Balaban J connectivity index is 0.00000169. The van der Waals surface area contributed by atoms with Gasteiger partial charge >= 0.3 is 0 Å². The van der Waals surface area contributed by atoms with Crippen LogP contribution in [-0.4, -0.2) is 23.7 Å². The summed E-state index contributed by atoms with van der Waals surface area (Å²) < 4.78 is 13.9. The number of benzene rings is 1. The van der Waals surface area contributed by atoms with Crippen LogP contribution in [0.3, 0.4) is 0 Å². The standard InChI is InChI=1S/C18H23FN2OS.ClH/c19-13-6-3-5-12-15(8-9-23-17(12)13)21-18(22)16-10-11-4-1-2-7-14(11)20-16;/h3,5-6,11,14-16,20H,1-2,4,7-10H2,(H,21,22);1H. The van der Waals surface area contributed by atoms with Gasteiger partial charge in [-0.1, -0.05) is 25.0 Å². The van der Waals surface area contributed by atoms with Crippen LogP contribution >= 0.6 is 24.2 Å². The maximum Gasteiger partial charge on any atom is 0.237 e. The van der Waals surface area contributed by atoms with Gasteiger partial charge in [-0.2, -0.15) is 0 Å². The molecule has 2 heterocycles. The topological polar surface area (TPSA) is 41.1 Å². The lowest BCUT2D eigenvalue weighted by Gasteiger charge is -2.27. The minimum Gasteiger partial charge on any atom is -0.348 e. The summed E-state index contributed by atoms with van der Waals surface area (Å²) in [4.78, 5) is 13.4. The van der Waals surface area contributed by atoms with Crippen LogP contribution in [0, 0.1) is 11.7 Å². The highest BCUT2D eigenvalue weighted by molar-refractivity contribution is 7.99. The smallest absolute Gasteiger partial charge is 0.237 e. The van der Waals surface area contributed by atoms with Gasteiger partial charge in [-0.05, 0) is 43.2 Å². The molecule has 2 aliphatic heterocycles. The first-order chi connectivity index (χ1) is 11.2. The van der Waals surface area contributed by atoms with E-state index in [0.29, 0.717) is 16.9 Å². The van der Waals surface area contributed by atoms with Crippen molar-refractivity contribution in [1.82, 2.24) is 10.6 Å². The fraction of sp³-hybridized carbons (Fsp3) is 0.611. The summed E-state index contributed by atoms with van der Waals surface area (Å²) in [5.41, 5.74) is 0.935. The lowest BCUT2D eigenvalue weighted by Crippen LogP contribution is -2.44. The SMILES string of the molecule is Cl.O=C(NC1CCSc2c(F)cccc21)C1CC2CCCCC2N1. The van der Waals surface area contributed by atoms with Crippen molar-refractivity contribution < 1.29 is 9.18 Å². The number of halogens is 2. The number of thioether (sulfide) groups is 1. The van der Waals surface area contributed by atoms with Crippen molar-refractivity contribution in [2.24, 2.45) is 5.92 Å². The molecule has 1 aliphatic carbocycles. The first-order valence-electron chi connectivity index (χ1n) is 8.70. The van der Waals surface area contributed by atoms with Gasteiger partial charge in [0.05, 0.1) is 12.1 Å². The summed E-state index contributed by atoms with van der Waals surface area (Å²) in [7, 11) is 0. The van der Waals surface area contributed by atoms with Crippen LogP contribution in [0.4, 0.5) is 4.39 Å². The van der Waals surface area contributed by atoms with E-state index in [1.165, 1.54) is 31.7 Å². The first kappa shape index (κ1) is 18.0. The van der Waals surface area contributed by atoms with Crippen molar-refractivity contribution in [2.45, 2.75) is 61.5 Å². The molecule has 6 heteroatoms. The summed E-state index contributed by atoms with van der Waals surface area (Å²) >= 11 is 1.55. The molecule has 0 spiro atoms. The van der Waals surface area contributed by atoms with E-state index in [0.717, 1.165) is 24.2 Å². The van der Waals surface area contributed by atoms with E-state index in [2.05, 4.69) is 10.6 Å². The maximum absolute atomic E-state index is 13.9. The van der Waals surface area contributed by atoms with Crippen LogP contribution in [0.2, 0.25) is 0 Å². The van der Waals surface area contributed by atoms with Gasteiger partial charge in [-0.25, -0.2) is 4.39 Å². The fourth-order valence-corrected chi connectivity index (χ4v) is 5.47. The van der Waals surface area contributed by atoms with Crippen LogP contribution in [0.15, 0.2) is 23.1 Å². The van der Waals surface area contributed by atoms with E-state index in [9.17, 15) is 9.18 Å². The number of carbonyl (C=O) groups excluding carboxylic acids is 1. The molecule has 0 aromatic heterocycles. The third-order valence-electron chi connectivity index (χ3n) is 5.52. The molecule has 1 saturated carbocycles. The fourth-order valence-electron chi connectivity index (χ4n) is 4.33. The van der Waals surface area contributed by atoms with Gasteiger partial charge in [0.25, 0.3) is 0 Å². The van der Waals surface area contributed by atoms with Crippen molar-refractivity contribution in [2.75, 3.05) is 5.75 Å². The molecule has 2 N–H and O–H groups in total. The number of fused-ring (bicyclic) bond motifs is 2. The summed E-state index contributed by atoms with van der Waals surface area (Å²) in [5, 5.41) is 6.70. The quantitative estimate of drug-likeness (QED) is 0.831. The Bertz CT molecular complexity index is 601. The summed E-state index contributed by atoms with van der Waals surface area (Å²) in [6.07, 6.45) is 6.83. The molecule has 1 saturated heterocycles. The number of amides is 1. The van der Waals surface area contributed by atoms with E-state index in [-0.39, 0.29) is 36.2 Å². The normalized spacial score (nSPS) is 31.5. The Labute approximate surface area is 152 Å². The molecular formula is C18H24ClFN2OS. The van der Waals surface area contributed by atoms with Crippen molar-refractivity contribution in [3.63, 3.8) is 0 Å². The number of hydrogen-bond donors (Lipinski definition) is 2. The lowest BCUT2D eigenvalue weighted by atomic mass is 9.85. The van der Waals surface area contributed by atoms with Crippen LogP contribution in [0.25, 0.3) is 0 Å². The van der Waals surface area contributed by atoms with Gasteiger partial charge < -0.3 is 10.6 Å². The average Bonchev–Trinajstić information content (AvgIpc) is 3.00. The predicted octanol–water partition coefficient (Wildman–Crippen LogP) is 3.82. The highest BCUT2D eigenvalue weighted by atomic mass is 35.5. The molecule has 1 aromatic rings. The average molecular weight is 371 g/mol. The van der Waals surface area contributed by atoms with Crippen molar-refractivity contribution in [3.8, 4) is 0 Å².